The largest absolute Gasteiger partial charge is 0.0991 e. The second-order valence-corrected chi connectivity index (χ2v) is 4.25. The van der Waals surface area contributed by atoms with E-state index < -0.39 is 0 Å². The van der Waals surface area contributed by atoms with Gasteiger partial charge in [0.15, 0.2) is 0 Å². The van der Waals surface area contributed by atoms with E-state index in [1.165, 1.54) is 11.1 Å². The fourth-order valence-corrected chi connectivity index (χ4v) is 1.42. The van der Waals surface area contributed by atoms with E-state index in [1.54, 1.807) is 0 Å². The highest BCUT2D eigenvalue weighted by molar-refractivity contribution is 5.31. The van der Waals surface area contributed by atoms with Crippen molar-refractivity contribution in [2.75, 3.05) is 0 Å². The van der Waals surface area contributed by atoms with Crippen molar-refractivity contribution in [1.82, 2.24) is 0 Å². The third-order valence-electron chi connectivity index (χ3n) is 2.54. The summed E-state index contributed by atoms with van der Waals surface area (Å²) in [5, 5.41) is 0. The van der Waals surface area contributed by atoms with E-state index >= 15 is 0 Å². The van der Waals surface area contributed by atoms with Crippen LogP contribution < -0.4 is 0 Å². The summed E-state index contributed by atoms with van der Waals surface area (Å²) in [5.74, 6) is 0.525. The van der Waals surface area contributed by atoms with E-state index in [0.717, 1.165) is 18.4 Å². The zero-order valence-corrected chi connectivity index (χ0v) is 10.9. The lowest BCUT2D eigenvalue weighted by Crippen LogP contribution is -1.93. The first-order valence-electron chi connectivity index (χ1n) is 5.87. The Bertz CT molecular complexity index is 311. The van der Waals surface area contributed by atoms with Crippen molar-refractivity contribution in [2.45, 2.75) is 33.6 Å². The van der Waals surface area contributed by atoms with Crippen LogP contribution >= 0.6 is 0 Å². The van der Waals surface area contributed by atoms with Gasteiger partial charge in [-0.05, 0) is 24.3 Å². The van der Waals surface area contributed by atoms with E-state index in [9.17, 15) is 0 Å². The van der Waals surface area contributed by atoms with Crippen molar-refractivity contribution in [3.8, 4) is 0 Å². The van der Waals surface area contributed by atoms with Gasteiger partial charge in [0.1, 0.15) is 0 Å². The van der Waals surface area contributed by atoms with Crippen LogP contribution in [0.25, 0.3) is 0 Å². The van der Waals surface area contributed by atoms with Crippen LogP contribution in [-0.4, -0.2) is 0 Å². The molecule has 0 N–H and O–H groups in total. The lowest BCUT2D eigenvalue weighted by Gasteiger charge is -2.10. The average molecular weight is 216 g/mol. The molecule has 0 atom stereocenters. The standard InChI is InChI=1S/C16H24/c1-7-10-16(13(4)5)12-15(9-3)11-14(6)8-2/h7-8,10,12-13H,1-2,6,9,11H2,3-5H3/b15-12+,16-10+. The fourth-order valence-electron chi connectivity index (χ4n) is 1.42. The van der Waals surface area contributed by atoms with Gasteiger partial charge < -0.3 is 0 Å². The lowest BCUT2D eigenvalue weighted by atomic mass is 9.96. The topological polar surface area (TPSA) is 0 Å². The molecule has 0 fully saturated rings. The normalized spacial score (nSPS) is 12.8. The van der Waals surface area contributed by atoms with Crippen LogP contribution in [0.3, 0.4) is 0 Å². The van der Waals surface area contributed by atoms with Gasteiger partial charge in [-0.1, -0.05) is 76.0 Å². The molecule has 88 valence electrons. The number of rotatable bonds is 7. The maximum atomic E-state index is 3.96. The molecule has 0 spiro atoms. The van der Waals surface area contributed by atoms with E-state index in [1.807, 2.05) is 12.2 Å². The summed E-state index contributed by atoms with van der Waals surface area (Å²) >= 11 is 0. The van der Waals surface area contributed by atoms with Crippen LogP contribution in [0.15, 0.2) is 60.8 Å². The predicted octanol–water partition coefficient (Wildman–Crippen LogP) is 5.22. The molecule has 0 aliphatic heterocycles. The number of allylic oxidation sites excluding steroid dienone is 7. The molecular weight excluding hydrogens is 192 g/mol. The Labute approximate surface area is 101 Å². The SMILES string of the molecule is C=C/C=C(\C=C(/CC)CC(=C)C=C)C(C)C. The highest BCUT2D eigenvalue weighted by atomic mass is 14.1. The molecule has 0 aromatic carbocycles. The molecule has 0 heterocycles. The quantitative estimate of drug-likeness (QED) is 0.512. The molecule has 0 saturated heterocycles. The van der Waals surface area contributed by atoms with E-state index in [-0.39, 0.29) is 0 Å². The summed E-state index contributed by atoms with van der Waals surface area (Å²) in [6.45, 7) is 18.0. The van der Waals surface area contributed by atoms with Gasteiger partial charge in [0.25, 0.3) is 0 Å². The van der Waals surface area contributed by atoms with Gasteiger partial charge in [0, 0.05) is 0 Å². The predicted molar refractivity (Wildman–Crippen MR) is 75.4 cm³/mol. The smallest absolute Gasteiger partial charge is 0.00701 e. The van der Waals surface area contributed by atoms with Crippen LogP contribution in [0.5, 0.6) is 0 Å². The minimum Gasteiger partial charge on any atom is -0.0991 e. The summed E-state index contributed by atoms with van der Waals surface area (Å²) in [4.78, 5) is 0. The third kappa shape index (κ3) is 5.55. The van der Waals surface area contributed by atoms with Crippen molar-refractivity contribution < 1.29 is 0 Å². The Hall–Kier alpha value is -1.30. The zero-order chi connectivity index (χ0) is 12.6. The molecular formula is C16H24. The van der Waals surface area contributed by atoms with Gasteiger partial charge in [0.05, 0.1) is 0 Å². The lowest BCUT2D eigenvalue weighted by molar-refractivity contribution is 0.786. The maximum absolute atomic E-state index is 3.96. The van der Waals surface area contributed by atoms with Crippen molar-refractivity contribution in [3.63, 3.8) is 0 Å². The van der Waals surface area contributed by atoms with Gasteiger partial charge in [0.2, 0.25) is 0 Å². The Balaban J connectivity index is 4.90. The Morgan fingerprint density at radius 1 is 1.25 bits per heavy atom. The van der Waals surface area contributed by atoms with Gasteiger partial charge in [-0.15, -0.1) is 0 Å². The maximum Gasteiger partial charge on any atom is -0.00701 e. The Kier molecular flexibility index (Phi) is 7.28. The molecule has 0 aliphatic carbocycles. The van der Waals surface area contributed by atoms with E-state index in [2.05, 4.69) is 52.7 Å². The van der Waals surface area contributed by atoms with Crippen molar-refractivity contribution in [2.24, 2.45) is 5.92 Å². The molecule has 0 nitrogen and oxygen atoms in total. The van der Waals surface area contributed by atoms with Gasteiger partial charge in [-0.2, -0.15) is 0 Å². The second kappa shape index (κ2) is 7.92. The third-order valence-corrected chi connectivity index (χ3v) is 2.54. The number of hydrogen-bond acceptors (Lipinski definition) is 0. The first-order valence-corrected chi connectivity index (χ1v) is 5.87. The molecule has 0 amide bonds. The average Bonchev–Trinajstić information content (AvgIpc) is 2.26. The molecule has 0 aromatic heterocycles. The summed E-state index contributed by atoms with van der Waals surface area (Å²) in [7, 11) is 0. The Morgan fingerprint density at radius 2 is 1.88 bits per heavy atom. The molecule has 0 saturated carbocycles. The van der Waals surface area contributed by atoms with Crippen LogP contribution in [0.4, 0.5) is 0 Å². The zero-order valence-electron chi connectivity index (χ0n) is 10.9. The van der Waals surface area contributed by atoms with Gasteiger partial charge in [-0.25, -0.2) is 0 Å². The highest BCUT2D eigenvalue weighted by Crippen LogP contribution is 2.20. The molecule has 16 heavy (non-hydrogen) atoms. The van der Waals surface area contributed by atoms with E-state index in [0.29, 0.717) is 5.92 Å². The van der Waals surface area contributed by atoms with Crippen LogP contribution in [0.2, 0.25) is 0 Å². The molecule has 0 aliphatic rings. The summed E-state index contributed by atoms with van der Waals surface area (Å²) in [6, 6.07) is 0. The monoisotopic (exact) mass is 216 g/mol. The van der Waals surface area contributed by atoms with Crippen molar-refractivity contribution in [3.05, 3.63) is 60.8 Å². The highest BCUT2D eigenvalue weighted by Gasteiger charge is 2.02. The minimum absolute atomic E-state index is 0.525. The summed E-state index contributed by atoms with van der Waals surface area (Å²) < 4.78 is 0. The first-order chi connectivity index (χ1) is 7.54. The van der Waals surface area contributed by atoms with Crippen LogP contribution in [0, 0.1) is 5.92 Å². The molecule has 0 bridgehead atoms. The molecule has 0 radical (unpaired) electrons. The molecule has 0 heteroatoms. The van der Waals surface area contributed by atoms with Gasteiger partial charge in [-0.3, -0.25) is 0 Å². The van der Waals surface area contributed by atoms with Crippen molar-refractivity contribution >= 4 is 0 Å². The van der Waals surface area contributed by atoms with Crippen molar-refractivity contribution in [1.29, 1.82) is 0 Å². The molecule has 0 aromatic rings. The summed E-state index contributed by atoms with van der Waals surface area (Å²) in [6.07, 6.45) is 9.99. The molecule has 0 unspecified atom stereocenters. The van der Waals surface area contributed by atoms with Crippen LogP contribution in [0.1, 0.15) is 33.6 Å². The summed E-state index contributed by atoms with van der Waals surface area (Å²) in [5.41, 5.74) is 3.80. The first kappa shape index (κ1) is 14.7. The second-order valence-electron chi connectivity index (χ2n) is 4.25. The molecule has 0 rings (SSSR count). The fraction of sp³-hybridized carbons (Fsp3) is 0.375. The number of hydrogen-bond donors (Lipinski definition) is 0. The minimum atomic E-state index is 0.525. The van der Waals surface area contributed by atoms with E-state index in [4.69, 9.17) is 0 Å². The van der Waals surface area contributed by atoms with Gasteiger partial charge >= 0.3 is 0 Å². The van der Waals surface area contributed by atoms with Crippen LogP contribution in [-0.2, 0) is 0 Å². The Morgan fingerprint density at radius 3 is 2.25 bits per heavy atom.